The van der Waals surface area contributed by atoms with Crippen LogP contribution in [0.3, 0.4) is 0 Å². The van der Waals surface area contributed by atoms with Gasteiger partial charge in [-0.05, 0) is 87.6 Å². The number of hydrogen-bond acceptors (Lipinski definition) is 6. The Kier molecular flexibility index (Phi) is 12.7. The first kappa shape index (κ1) is 31.3. The Labute approximate surface area is 238 Å². The Morgan fingerprint density at radius 1 is 1.20 bits per heavy atom. The zero-order chi connectivity index (χ0) is 28.8. The van der Waals surface area contributed by atoms with Gasteiger partial charge < -0.3 is 20.1 Å². The quantitative estimate of drug-likeness (QED) is 0.393. The molecule has 9 nitrogen and oxygen atoms in total. The van der Waals surface area contributed by atoms with Crippen molar-refractivity contribution in [2.75, 3.05) is 31.1 Å². The Morgan fingerprint density at radius 3 is 2.55 bits per heavy atom. The second-order valence-electron chi connectivity index (χ2n) is 11.1. The first-order valence-corrected chi connectivity index (χ1v) is 14.8. The average molecular weight is 555 g/mol. The second-order valence-corrected chi connectivity index (χ2v) is 11.1. The topological polar surface area (TPSA) is 112 Å². The maximum Gasteiger partial charge on any atom is 0.322 e. The molecular formula is C31H46N4O5. The lowest BCUT2D eigenvalue weighted by Crippen LogP contribution is -2.49. The molecule has 3 aliphatic rings. The van der Waals surface area contributed by atoms with E-state index in [-0.39, 0.29) is 18.5 Å². The third-order valence-electron chi connectivity index (χ3n) is 8.41. The number of aryl methyl sites for hydroxylation is 1. The van der Waals surface area contributed by atoms with E-state index in [9.17, 15) is 14.4 Å². The van der Waals surface area contributed by atoms with Gasteiger partial charge in [0.1, 0.15) is 12.4 Å². The Hall–Kier alpha value is -3.20. The van der Waals surface area contributed by atoms with Gasteiger partial charge in [-0.2, -0.15) is 0 Å². The van der Waals surface area contributed by atoms with Crippen molar-refractivity contribution in [1.29, 1.82) is 0 Å². The second kappa shape index (κ2) is 16.2. The standard InChI is InChI=1S/C28H41N3O2.C3H5NO3/c1-3-28(15-7-5-8-16-28)17-20-30-18-13-24(14-19-30)31(26-12-11-23(2)22-29-26)27(32)25-10-6-4-9-21-33-25;5-2-4-1-3(6)7/h9-12,21-22,24H,3-8,13-20H2,1-2H3;2H,1H2,(H,4,5)(H,6,7). The maximum atomic E-state index is 13.6. The summed E-state index contributed by atoms with van der Waals surface area (Å²) in [4.78, 5) is 41.6. The van der Waals surface area contributed by atoms with Crippen molar-refractivity contribution in [2.45, 2.75) is 90.5 Å². The molecule has 4 rings (SSSR count). The number of ether oxygens (including phenoxy) is 1. The van der Waals surface area contributed by atoms with Crippen molar-refractivity contribution < 1.29 is 24.2 Å². The van der Waals surface area contributed by atoms with Crippen LogP contribution in [0.1, 0.15) is 83.1 Å². The van der Waals surface area contributed by atoms with Gasteiger partial charge in [0, 0.05) is 25.3 Å². The molecule has 1 saturated carbocycles. The summed E-state index contributed by atoms with van der Waals surface area (Å²) < 4.78 is 5.68. The fraction of sp³-hybridized carbons (Fsp3) is 0.613. The normalized spacial score (nSPS) is 19.2. The molecular weight excluding hydrogens is 508 g/mol. The minimum atomic E-state index is -1.04. The van der Waals surface area contributed by atoms with Crippen LogP contribution in [0.5, 0.6) is 0 Å². The molecule has 0 spiro atoms. The number of piperidine rings is 1. The number of carboxylic acids is 1. The van der Waals surface area contributed by atoms with Crippen molar-refractivity contribution in [3.63, 3.8) is 0 Å². The minimum absolute atomic E-state index is 0.0662. The van der Waals surface area contributed by atoms with E-state index in [1.54, 1.807) is 6.26 Å². The molecule has 220 valence electrons. The average Bonchev–Trinajstić information content (AvgIpc) is 3.27. The van der Waals surface area contributed by atoms with Crippen LogP contribution >= 0.6 is 0 Å². The molecule has 1 aliphatic carbocycles. The summed E-state index contributed by atoms with van der Waals surface area (Å²) in [6.07, 6.45) is 21.1. The molecule has 2 aliphatic heterocycles. The maximum absolute atomic E-state index is 13.6. The summed E-state index contributed by atoms with van der Waals surface area (Å²) in [5.74, 6) is 0.0558. The monoisotopic (exact) mass is 554 g/mol. The Bertz CT molecular complexity index is 1010. The number of amides is 2. The van der Waals surface area contributed by atoms with Gasteiger partial charge in [0.15, 0.2) is 5.76 Å². The van der Waals surface area contributed by atoms with E-state index in [1.807, 2.05) is 47.6 Å². The number of carbonyl (C=O) groups is 3. The van der Waals surface area contributed by atoms with Crippen molar-refractivity contribution in [3.8, 4) is 0 Å². The first-order chi connectivity index (χ1) is 19.4. The minimum Gasteiger partial charge on any atom is -0.480 e. The molecule has 0 aromatic carbocycles. The lowest BCUT2D eigenvalue weighted by Gasteiger charge is -2.41. The lowest BCUT2D eigenvalue weighted by molar-refractivity contribution is -0.136. The molecule has 2 N–H and O–H groups in total. The molecule has 40 heavy (non-hydrogen) atoms. The van der Waals surface area contributed by atoms with Crippen molar-refractivity contribution in [1.82, 2.24) is 15.2 Å². The third kappa shape index (κ3) is 9.47. The highest BCUT2D eigenvalue weighted by Gasteiger charge is 2.34. The van der Waals surface area contributed by atoms with Gasteiger partial charge in [-0.1, -0.05) is 38.7 Å². The number of rotatable bonds is 10. The SMILES string of the molecule is CCC1(CCN2CCC(N(C(=O)C3=CCCC=CO3)c3ccc(C)cn3)CC2)CCCCC1.O=CNCC(=O)O. The van der Waals surface area contributed by atoms with Crippen LogP contribution in [0.4, 0.5) is 5.82 Å². The first-order valence-electron chi connectivity index (χ1n) is 14.8. The highest BCUT2D eigenvalue weighted by atomic mass is 16.5. The number of anilines is 1. The largest absolute Gasteiger partial charge is 0.480 e. The summed E-state index contributed by atoms with van der Waals surface area (Å²) in [5.41, 5.74) is 1.67. The number of nitrogens with zero attached hydrogens (tertiary/aromatic N) is 3. The van der Waals surface area contributed by atoms with Crippen LogP contribution in [-0.2, 0) is 19.1 Å². The zero-order valence-corrected chi connectivity index (χ0v) is 24.1. The predicted molar refractivity (Wildman–Crippen MR) is 156 cm³/mol. The molecule has 0 bridgehead atoms. The molecule has 1 aromatic heterocycles. The number of allylic oxidation sites excluding steroid dienone is 2. The van der Waals surface area contributed by atoms with Crippen LogP contribution in [0.2, 0.25) is 0 Å². The molecule has 9 heteroatoms. The van der Waals surface area contributed by atoms with Crippen molar-refractivity contribution in [3.05, 3.63) is 48.1 Å². The molecule has 0 unspecified atom stereocenters. The van der Waals surface area contributed by atoms with E-state index >= 15 is 0 Å². The zero-order valence-electron chi connectivity index (χ0n) is 24.1. The number of nitrogens with one attached hydrogen (secondary N) is 1. The lowest BCUT2D eigenvalue weighted by atomic mass is 9.70. The number of pyridine rings is 1. The molecule has 1 saturated heterocycles. The third-order valence-corrected chi connectivity index (χ3v) is 8.41. The van der Waals surface area contributed by atoms with Crippen molar-refractivity contribution in [2.24, 2.45) is 5.41 Å². The molecule has 0 atom stereocenters. The van der Waals surface area contributed by atoms with Crippen LogP contribution in [0.25, 0.3) is 0 Å². The van der Waals surface area contributed by atoms with E-state index in [1.165, 1.54) is 51.5 Å². The van der Waals surface area contributed by atoms with E-state index in [0.29, 0.717) is 17.6 Å². The Balaban J connectivity index is 0.000000559. The van der Waals surface area contributed by atoms with Gasteiger partial charge in [-0.3, -0.25) is 19.3 Å². The van der Waals surface area contributed by atoms with Gasteiger partial charge in [0.05, 0.1) is 6.26 Å². The highest BCUT2D eigenvalue weighted by Crippen LogP contribution is 2.42. The molecule has 2 amide bonds. The number of aromatic nitrogens is 1. The summed E-state index contributed by atoms with van der Waals surface area (Å²) in [6.45, 7) is 7.38. The van der Waals surface area contributed by atoms with Gasteiger partial charge >= 0.3 is 5.97 Å². The fourth-order valence-corrected chi connectivity index (χ4v) is 5.87. The van der Waals surface area contributed by atoms with Crippen LogP contribution in [0, 0.1) is 12.3 Å². The molecule has 3 heterocycles. The van der Waals surface area contributed by atoms with E-state index in [4.69, 9.17) is 9.84 Å². The summed E-state index contributed by atoms with van der Waals surface area (Å²) in [6, 6.07) is 4.16. The van der Waals surface area contributed by atoms with E-state index in [0.717, 1.165) is 50.2 Å². The smallest absolute Gasteiger partial charge is 0.322 e. The number of hydrogen-bond donors (Lipinski definition) is 2. The number of aliphatic carboxylic acids is 1. The van der Waals surface area contributed by atoms with Crippen LogP contribution in [-0.4, -0.2) is 65.5 Å². The number of carbonyl (C=O) groups excluding carboxylic acids is 2. The summed E-state index contributed by atoms with van der Waals surface area (Å²) in [5, 5.41) is 9.79. The Morgan fingerprint density at radius 2 is 1.95 bits per heavy atom. The van der Waals surface area contributed by atoms with Crippen molar-refractivity contribution >= 4 is 24.1 Å². The molecule has 0 radical (unpaired) electrons. The molecule has 1 aromatic rings. The van der Waals surface area contributed by atoms with Gasteiger partial charge in [0.2, 0.25) is 6.41 Å². The fourth-order valence-electron chi connectivity index (χ4n) is 5.87. The van der Waals surface area contributed by atoms with E-state index in [2.05, 4.69) is 16.8 Å². The van der Waals surface area contributed by atoms with Crippen LogP contribution < -0.4 is 10.2 Å². The van der Waals surface area contributed by atoms with Crippen LogP contribution in [0.15, 0.2) is 42.5 Å². The summed E-state index contributed by atoms with van der Waals surface area (Å²) >= 11 is 0. The number of carboxylic acid groups (broad SMARTS) is 1. The van der Waals surface area contributed by atoms with E-state index < -0.39 is 5.97 Å². The summed E-state index contributed by atoms with van der Waals surface area (Å²) in [7, 11) is 0. The van der Waals surface area contributed by atoms with Gasteiger partial charge in [-0.15, -0.1) is 0 Å². The highest BCUT2D eigenvalue weighted by molar-refractivity contribution is 6.04. The number of likely N-dealkylation sites (tertiary alicyclic amines) is 1. The van der Waals surface area contributed by atoms with Gasteiger partial charge in [0.25, 0.3) is 5.91 Å². The predicted octanol–water partition coefficient (Wildman–Crippen LogP) is 4.96. The molecule has 2 fully saturated rings. The van der Waals surface area contributed by atoms with Gasteiger partial charge in [-0.25, -0.2) is 4.98 Å².